The number of rotatable bonds is 4. The maximum Gasteiger partial charge on any atom is 0.110 e. The number of imidazole rings is 1. The zero-order chi connectivity index (χ0) is 11.7. The van der Waals surface area contributed by atoms with E-state index in [1.54, 1.807) is 0 Å². The van der Waals surface area contributed by atoms with Crippen molar-refractivity contribution in [3.8, 4) is 0 Å². The lowest BCUT2D eigenvalue weighted by Gasteiger charge is -2.22. The number of benzene rings is 1. The molecule has 2 N–H and O–H groups in total. The van der Waals surface area contributed by atoms with Gasteiger partial charge in [-0.15, -0.1) is 0 Å². The van der Waals surface area contributed by atoms with Crippen LogP contribution in [0.4, 0.5) is 0 Å². The Balaban J connectivity index is 1.87. The molecule has 3 heteroatoms. The molecule has 0 unspecified atom stereocenters. The second kappa shape index (κ2) is 4.49. The Labute approximate surface area is 102 Å². The fourth-order valence-electron chi connectivity index (χ4n) is 2.38. The van der Waals surface area contributed by atoms with Gasteiger partial charge in [-0.05, 0) is 50.6 Å². The first-order valence-electron chi connectivity index (χ1n) is 6.50. The topological polar surface area (TPSA) is 40.7 Å². The van der Waals surface area contributed by atoms with Crippen LogP contribution in [0.1, 0.15) is 36.6 Å². The van der Waals surface area contributed by atoms with Gasteiger partial charge in [-0.2, -0.15) is 0 Å². The van der Waals surface area contributed by atoms with Crippen molar-refractivity contribution >= 4 is 11.0 Å². The molecule has 0 bridgehead atoms. The molecular weight excluding hydrogens is 210 g/mol. The van der Waals surface area contributed by atoms with Gasteiger partial charge < -0.3 is 10.3 Å². The van der Waals surface area contributed by atoms with E-state index in [9.17, 15) is 0 Å². The molecule has 90 valence electrons. The van der Waals surface area contributed by atoms with E-state index < -0.39 is 0 Å². The first kappa shape index (κ1) is 10.8. The third kappa shape index (κ3) is 2.07. The first-order chi connectivity index (χ1) is 8.36. The average molecular weight is 229 g/mol. The molecule has 3 nitrogen and oxygen atoms in total. The Kier molecular flexibility index (Phi) is 2.85. The van der Waals surface area contributed by atoms with Gasteiger partial charge in [0, 0.05) is 5.92 Å². The molecular formula is C14H19N3. The molecule has 0 radical (unpaired) electrons. The largest absolute Gasteiger partial charge is 0.342 e. The summed E-state index contributed by atoms with van der Waals surface area (Å²) in [5.41, 5.74) is 3.68. The number of fused-ring (bicyclic) bond motifs is 1. The van der Waals surface area contributed by atoms with Crippen LogP contribution < -0.4 is 5.32 Å². The molecule has 2 aromatic rings. The highest BCUT2D eigenvalue weighted by Gasteiger charge is 2.22. The number of aromatic amines is 1. The molecule has 1 saturated carbocycles. The minimum atomic E-state index is 0.683. The van der Waals surface area contributed by atoms with Gasteiger partial charge in [0.1, 0.15) is 5.82 Å². The summed E-state index contributed by atoms with van der Waals surface area (Å²) in [5, 5.41) is 3.18. The number of aromatic nitrogens is 2. The molecule has 0 amide bonds. The Bertz CT molecular complexity index is 511. The van der Waals surface area contributed by atoms with E-state index >= 15 is 0 Å². The number of hydrogen-bond acceptors (Lipinski definition) is 2. The Morgan fingerprint density at radius 3 is 3.00 bits per heavy atom. The molecule has 0 aliphatic heterocycles. The lowest BCUT2D eigenvalue weighted by Crippen LogP contribution is -2.10. The molecule has 1 fully saturated rings. The van der Waals surface area contributed by atoms with Crippen molar-refractivity contribution in [2.24, 2.45) is 0 Å². The average Bonchev–Trinajstić information content (AvgIpc) is 2.66. The third-order valence-corrected chi connectivity index (χ3v) is 3.72. The fraction of sp³-hybridized carbons (Fsp3) is 0.500. The van der Waals surface area contributed by atoms with Crippen molar-refractivity contribution in [2.45, 2.75) is 31.6 Å². The summed E-state index contributed by atoms with van der Waals surface area (Å²) < 4.78 is 0. The summed E-state index contributed by atoms with van der Waals surface area (Å²) in [6, 6.07) is 6.56. The van der Waals surface area contributed by atoms with Crippen molar-refractivity contribution in [3.05, 3.63) is 29.6 Å². The van der Waals surface area contributed by atoms with Gasteiger partial charge in [0.25, 0.3) is 0 Å². The number of hydrogen-bond donors (Lipinski definition) is 2. The van der Waals surface area contributed by atoms with E-state index in [4.69, 9.17) is 0 Å². The molecule has 1 aromatic heterocycles. The lowest BCUT2D eigenvalue weighted by molar-refractivity contribution is 0.405. The summed E-state index contributed by atoms with van der Waals surface area (Å²) in [6.07, 6.45) is 5.03. The normalized spacial score (nSPS) is 16.3. The van der Waals surface area contributed by atoms with Crippen molar-refractivity contribution in [1.82, 2.24) is 15.3 Å². The highest BCUT2D eigenvalue weighted by atomic mass is 14.9. The van der Waals surface area contributed by atoms with E-state index in [1.165, 1.54) is 36.2 Å². The van der Waals surface area contributed by atoms with E-state index in [0.29, 0.717) is 5.92 Å². The van der Waals surface area contributed by atoms with Crippen LogP contribution in [0.5, 0.6) is 0 Å². The van der Waals surface area contributed by atoms with Gasteiger partial charge in [-0.3, -0.25) is 0 Å². The molecule has 0 atom stereocenters. The van der Waals surface area contributed by atoms with Gasteiger partial charge in [0.05, 0.1) is 11.0 Å². The molecule has 1 aliphatic carbocycles. The fourth-order valence-corrected chi connectivity index (χ4v) is 2.38. The van der Waals surface area contributed by atoms with Crippen LogP contribution in [-0.4, -0.2) is 23.6 Å². The zero-order valence-electron chi connectivity index (χ0n) is 10.3. The van der Waals surface area contributed by atoms with Crippen LogP contribution in [0.3, 0.4) is 0 Å². The molecule has 1 heterocycles. The molecule has 1 aromatic carbocycles. The van der Waals surface area contributed by atoms with Crippen LogP contribution in [-0.2, 0) is 6.42 Å². The molecule has 3 rings (SSSR count). The predicted molar refractivity (Wildman–Crippen MR) is 70.3 cm³/mol. The van der Waals surface area contributed by atoms with Gasteiger partial charge in [0.15, 0.2) is 0 Å². The Hall–Kier alpha value is -1.35. The Morgan fingerprint density at radius 2 is 2.29 bits per heavy atom. The maximum absolute atomic E-state index is 4.68. The smallest absolute Gasteiger partial charge is 0.110 e. The first-order valence-corrected chi connectivity index (χ1v) is 6.50. The van der Waals surface area contributed by atoms with Crippen LogP contribution in [0.15, 0.2) is 18.2 Å². The van der Waals surface area contributed by atoms with Crippen molar-refractivity contribution < 1.29 is 0 Å². The predicted octanol–water partition coefficient (Wildman–Crippen LogP) is 2.59. The standard InChI is InChI=1S/C14H19N3/c1-15-8-7-10-5-6-12-13(9-10)17-14(16-12)11-3-2-4-11/h5-6,9,11,15H,2-4,7-8H2,1H3,(H,16,17). The minimum Gasteiger partial charge on any atom is -0.342 e. The van der Waals surface area contributed by atoms with Crippen molar-refractivity contribution in [2.75, 3.05) is 13.6 Å². The van der Waals surface area contributed by atoms with Crippen molar-refractivity contribution in [3.63, 3.8) is 0 Å². The van der Waals surface area contributed by atoms with Gasteiger partial charge in [-0.1, -0.05) is 12.5 Å². The zero-order valence-corrected chi connectivity index (χ0v) is 10.3. The van der Waals surface area contributed by atoms with Crippen molar-refractivity contribution in [1.29, 1.82) is 0 Å². The second-order valence-electron chi connectivity index (χ2n) is 4.95. The molecule has 1 aliphatic rings. The van der Waals surface area contributed by atoms with E-state index in [-0.39, 0.29) is 0 Å². The highest BCUT2D eigenvalue weighted by Crippen LogP contribution is 2.35. The quantitative estimate of drug-likeness (QED) is 0.846. The van der Waals surface area contributed by atoms with E-state index in [0.717, 1.165) is 18.5 Å². The monoisotopic (exact) mass is 229 g/mol. The summed E-state index contributed by atoms with van der Waals surface area (Å²) in [7, 11) is 1.99. The summed E-state index contributed by atoms with van der Waals surface area (Å²) in [4.78, 5) is 8.17. The van der Waals surface area contributed by atoms with Crippen LogP contribution >= 0.6 is 0 Å². The van der Waals surface area contributed by atoms with E-state index in [2.05, 4.69) is 33.5 Å². The van der Waals surface area contributed by atoms with Crippen LogP contribution in [0, 0.1) is 0 Å². The van der Waals surface area contributed by atoms with E-state index in [1.807, 2.05) is 7.05 Å². The van der Waals surface area contributed by atoms with Crippen LogP contribution in [0.2, 0.25) is 0 Å². The maximum atomic E-state index is 4.68. The summed E-state index contributed by atoms with van der Waals surface area (Å²) >= 11 is 0. The third-order valence-electron chi connectivity index (χ3n) is 3.72. The molecule has 17 heavy (non-hydrogen) atoms. The summed E-state index contributed by atoms with van der Waals surface area (Å²) in [5.74, 6) is 1.88. The number of H-pyrrole nitrogens is 1. The second-order valence-corrected chi connectivity index (χ2v) is 4.95. The number of nitrogens with one attached hydrogen (secondary N) is 2. The minimum absolute atomic E-state index is 0.683. The number of nitrogens with zero attached hydrogens (tertiary/aromatic N) is 1. The highest BCUT2D eigenvalue weighted by molar-refractivity contribution is 5.76. The van der Waals surface area contributed by atoms with Crippen LogP contribution in [0.25, 0.3) is 11.0 Å². The van der Waals surface area contributed by atoms with Gasteiger partial charge >= 0.3 is 0 Å². The molecule has 0 spiro atoms. The lowest BCUT2D eigenvalue weighted by atomic mass is 9.85. The van der Waals surface area contributed by atoms with Gasteiger partial charge in [-0.25, -0.2) is 4.98 Å². The molecule has 0 saturated heterocycles. The number of likely N-dealkylation sites (N-methyl/N-ethyl adjacent to an activating group) is 1. The summed E-state index contributed by atoms with van der Waals surface area (Å²) in [6.45, 7) is 1.02. The van der Waals surface area contributed by atoms with Gasteiger partial charge in [0.2, 0.25) is 0 Å². The SMILES string of the molecule is CNCCc1ccc2nc(C3CCC3)[nH]c2c1. The Morgan fingerprint density at radius 1 is 1.41 bits per heavy atom.